The van der Waals surface area contributed by atoms with Gasteiger partial charge in [-0.2, -0.15) is 4.98 Å². The van der Waals surface area contributed by atoms with E-state index in [1.54, 1.807) is 0 Å². The van der Waals surface area contributed by atoms with Crippen LogP contribution < -0.4 is 10.5 Å². The molecular weight excluding hydrogens is 216 g/mol. The number of halogens is 2. The van der Waals surface area contributed by atoms with Crippen LogP contribution in [0.3, 0.4) is 0 Å². The van der Waals surface area contributed by atoms with E-state index < -0.39 is 11.6 Å². The van der Waals surface area contributed by atoms with Crippen molar-refractivity contribution in [2.75, 3.05) is 5.73 Å². The zero-order valence-electron chi connectivity index (χ0n) is 8.02. The smallest absolute Gasteiger partial charge is 0.224 e. The molecule has 1 heterocycles. The maximum absolute atomic E-state index is 12.8. The molecule has 2 aromatic rings. The number of hydrogen-bond acceptors (Lipinski definition) is 4. The predicted molar refractivity (Wildman–Crippen MR) is 52.9 cm³/mol. The Morgan fingerprint density at radius 1 is 1.12 bits per heavy atom. The number of rotatable bonds is 2. The van der Waals surface area contributed by atoms with Gasteiger partial charge in [-0.1, -0.05) is 0 Å². The zero-order chi connectivity index (χ0) is 11.5. The number of nitrogen functional groups attached to an aromatic ring is 1. The summed E-state index contributed by atoms with van der Waals surface area (Å²) in [5.74, 6) is -1.29. The van der Waals surface area contributed by atoms with Crippen LogP contribution in [-0.4, -0.2) is 9.97 Å². The summed E-state index contributed by atoms with van der Waals surface area (Å²) in [4.78, 5) is 7.38. The van der Waals surface area contributed by atoms with E-state index in [0.717, 1.165) is 18.2 Å². The SMILES string of the molecule is Nc1nccc(Oc2cc(F)cc(F)c2)n1. The summed E-state index contributed by atoms with van der Waals surface area (Å²) in [5, 5.41) is 0. The highest BCUT2D eigenvalue weighted by Crippen LogP contribution is 2.21. The Morgan fingerprint density at radius 2 is 1.81 bits per heavy atom. The number of nitrogens with two attached hydrogens (primary N) is 1. The summed E-state index contributed by atoms with van der Waals surface area (Å²) in [6.07, 6.45) is 1.38. The zero-order valence-corrected chi connectivity index (χ0v) is 8.02. The van der Waals surface area contributed by atoms with Gasteiger partial charge in [-0.3, -0.25) is 0 Å². The Hall–Kier alpha value is -2.24. The lowest BCUT2D eigenvalue weighted by atomic mass is 10.3. The fraction of sp³-hybridized carbons (Fsp3) is 0. The molecule has 2 N–H and O–H groups in total. The fourth-order valence-electron chi connectivity index (χ4n) is 1.12. The average molecular weight is 223 g/mol. The Kier molecular flexibility index (Phi) is 2.63. The Bertz CT molecular complexity index is 499. The molecule has 1 aromatic heterocycles. The molecule has 2 rings (SSSR count). The molecule has 0 radical (unpaired) electrons. The molecule has 0 bridgehead atoms. The molecule has 16 heavy (non-hydrogen) atoms. The second-order valence-corrected chi connectivity index (χ2v) is 2.96. The fourth-order valence-corrected chi connectivity index (χ4v) is 1.12. The summed E-state index contributed by atoms with van der Waals surface area (Å²) in [5.41, 5.74) is 5.32. The molecule has 0 unspecified atom stereocenters. The predicted octanol–water partition coefficient (Wildman–Crippen LogP) is 2.13. The molecule has 0 aliphatic rings. The van der Waals surface area contributed by atoms with Crippen LogP contribution in [0.25, 0.3) is 0 Å². The van der Waals surface area contributed by atoms with Crippen molar-refractivity contribution in [2.24, 2.45) is 0 Å². The van der Waals surface area contributed by atoms with E-state index in [4.69, 9.17) is 10.5 Å². The first-order chi connectivity index (χ1) is 7.63. The van der Waals surface area contributed by atoms with Crippen molar-refractivity contribution in [3.8, 4) is 11.6 Å². The van der Waals surface area contributed by atoms with Gasteiger partial charge in [0, 0.05) is 30.5 Å². The minimum absolute atomic E-state index is 0.00981. The molecule has 0 saturated heterocycles. The second-order valence-electron chi connectivity index (χ2n) is 2.96. The molecule has 4 nitrogen and oxygen atoms in total. The minimum atomic E-state index is -0.725. The lowest BCUT2D eigenvalue weighted by Crippen LogP contribution is -1.96. The first kappa shape index (κ1) is 10.3. The van der Waals surface area contributed by atoms with Crippen LogP contribution in [0.4, 0.5) is 14.7 Å². The van der Waals surface area contributed by atoms with Gasteiger partial charge in [0.2, 0.25) is 11.8 Å². The molecule has 0 amide bonds. The monoisotopic (exact) mass is 223 g/mol. The van der Waals surface area contributed by atoms with Gasteiger partial charge < -0.3 is 10.5 Å². The number of benzene rings is 1. The molecule has 0 aliphatic heterocycles. The maximum Gasteiger partial charge on any atom is 0.224 e. The van der Waals surface area contributed by atoms with Crippen molar-refractivity contribution in [1.82, 2.24) is 9.97 Å². The van der Waals surface area contributed by atoms with Crippen LogP contribution >= 0.6 is 0 Å². The van der Waals surface area contributed by atoms with Gasteiger partial charge in [0.05, 0.1) is 0 Å². The van der Waals surface area contributed by atoms with Crippen LogP contribution in [-0.2, 0) is 0 Å². The largest absolute Gasteiger partial charge is 0.439 e. The minimum Gasteiger partial charge on any atom is -0.439 e. The third kappa shape index (κ3) is 2.41. The van der Waals surface area contributed by atoms with Gasteiger partial charge in [0.25, 0.3) is 0 Å². The summed E-state index contributed by atoms with van der Waals surface area (Å²) in [6, 6.07) is 4.27. The van der Waals surface area contributed by atoms with Crippen LogP contribution in [0.15, 0.2) is 30.5 Å². The highest BCUT2D eigenvalue weighted by Gasteiger charge is 2.04. The van der Waals surface area contributed by atoms with Gasteiger partial charge in [-0.25, -0.2) is 13.8 Å². The van der Waals surface area contributed by atoms with E-state index in [1.807, 2.05) is 0 Å². The summed E-state index contributed by atoms with van der Waals surface area (Å²) >= 11 is 0. The van der Waals surface area contributed by atoms with Crippen LogP contribution in [0.2, 0.25) is 0 Å². The van der Waals surface area contributed by atoms with E-state index in [1.165, 1.54) is 12.3 Å². The molecule has 0 saturated carbocycles. The van der Waals surface area contributed by atoms with Gasteiger partial charge >= 0.3 is 0 Å². The van der Waals surface area contributed by atoms with Gasteiger partial charge in [-0.15, -0.1) is 0 Å². The van der Waals surface area contributed by atoms with Crippen LogP contribution in [0, 0.1) is 11.6 Å². The average Bonchev–Trinajstić information content (AvgIpc) is 2.15. The van der Waals surface area contributed by atoms with Gasteiger partial charge in [0.15, 0.2) is 0 Å². The molecule has 0 spiro atoms. The van der Waals surface area contributed by atoms with Gasteiger partial charge in [0.1, 0.15) is 17.4 Å². The molecule has 0 atom stereocenters. The Labute approximate surface area is 89.7 Å². The van der Waals surface area contributed by atoms with Crippen molar-refractivity contribution in [1.29, 1.82) is 0 Å². The third-order valence-electron chi connectivity index (χ3n) is 1.71. The highest BCUT2D eigenvalue weighted by atomic mass is 19.1. The van der Waals surface area contributed by atoms with E-state index in [0.29, 0.717) is 0 Å². The quantitative estimate of drug-likeness (QED) is 0.847. The molecular formula is C10H7F2N3O. The standard InChI is InChI=1S/C10H7F2N3O/c11-6-3-7(12)5-8(4-6)16-9-1-2-14-10(13)15-9/h1-5H,(H2,13,14,15). The number of aromatic nitrogens is 2. The lowest BCUT2D eigenvalue weighted by Gasteiger charge is -2.04. The van der Waals surface area contributed by atoms with Crippen LogP contribution in [0.1, 0.15) is 0 Å². The maximum atomic E-state index is 12.8. The van der Waals surface area contributed by atoms with Crippen molar-refractivity contribution in [3.05, 3.63) is 42.1 Å². The van der Waals surface area contributed by atoms with E-state index in [-0.39, 0.29) is 17.6 Å². The van der Waals surface area contributed by atoms with Crippen molar-refractivity contribution >= 4 is 5.95 Å². The lowest BCUT2D eigenvalue weighted by molar-refractivity contribution is 0.451. The number of hydrogen-bond donors (Lipinski definition) is 1. The topological polar surface area (TPSA) is 61.0 Å². The third-order valence-corrected chi connectivity index (χ3v) is 1.71. The molecule has 0 aliphatic carbocycles. The number of nitrogens with zero attached hydrogens (tertiary/aromatic N) is 2. The normalized spacial score (nSPS) is 10.1. The molecule has 82 valence electrons. The highest BCUT2D eigenvalue weighted by molar-refractivity contribution is 5.29. The first-order valence-corrected chi connectivity index (χ1v) is 4.36. The number of anilines is 1. The molecule has 1 aromatic carbocycles. The van der Waals surface area contributed by atoms with Crippen molar-refractivity contribution < 1.29 is 13.5 Å². The van der Waals surface area contributed by atoms with Gasteiger partial charge in [-0.05, 0) is 0 Å². The van der Waals surface area contributed by atoms with Crippen molar-refractivity contribution in [2.45, 2.75) is 0 Å². The molecule has 6 heteroatoms. The van der Waals surface area contributed by atoms with E-state index in [9.17, 15) is 8.78 Å². The van der Waals surface area contributed by atoms with Crippen molar-refractivity contribution in [3.63, 3.8) is 0 Å². The molecule has 0 fully saturated rings. The van der Waals surface area contributed by atoms with Crippen LogP contribution in [0.5, 0.6) is 11.6 Å². The summed E-state index contributed by atoms with van der Waals surface area (Å²) < 4.78 is 30.8. The summed E-state index contributed by atoms with van der Waals surface area (Å²) in [6.45, 7) is 0. The van der Waals surface area contributed by atoms with E-state index in [2.05, 4.69) is 9.97 Å². The Morgan fingerprint density at radius 3 is 2.44 bits per heavy atom. The first-order valence-electron chi connectivity index (χ1n) is 4.36. The Balaban J connectivity index is 2.27. The second kappa shape index (κ2) is 4.09. The van der Waals surface area contributed by atoms with E-state index >= 15 is 0 Å². The summed E-state index contributed by atoms with van der Waals surface area (Å²) in [7, 11) is 0. The number of ether oxygens (including phenoxy) is 1.